The van der Waals surface area contributed by atoms with Crippen LogP contribution in [0.4, 0.5) is 0 Å². The number of esters is 1. The minimum atomic E-state index is -0.335. The van der Waals surface area contributed by atoms with Crippen LogP contribution in [0.25, 0.3) is 11.0 Å². The fourth-order valence-electron chi connectivity index (χ4n) is 1.89. The lowest BCUT2D eigenvalue weighted by atomic mass is 10.3. The maximum Gasteiger partial charge on any atom is 0.323 e. The molecule has 0 saturated carbocycles. The molecule has 1 atom stereocenters. The SMILES string of the molecule is COC(=O)C(CSc1nc2ccccc2[nH]1)NC(C)C. The van der Waals surface area contributed by atoms with Crippen LogP contribution < -0.4 is 5.32 Å². The Morgan fingerprint density at radius 2 is 2.20 bits per heavy atom. The molecule has 2 N–H and O–H groups in total. The molecule has 5 nitrogen and oxygen atoms in total. The number of hydrogen-bond donors (Lipinski definition) is 2. The van der Waals surface area contributed by atoms with Gasteiger partial charge < -0.3 is 15.0 Å². The molecule has 1 heterocycles. The van der Waals surface area contributed by atoms with Crippen molar-refractivity contribution < 1.29 is 9.53 Å². The number of hydrogen-bond acceptors (Lipinski definition) is 5. The Morgan fingerprint density at radius 3 is 2.85 bits per heavy atom. The molecule has 2 aromatic rings. The summed E-state index contributed by atoms with van der Waals surface area (Å²) < 4.78 is 4.82. The normalized spacial score (nSPS) is 12.8. The monoisotopic (exact) mass is 293 g/mol. The van der Waals surface area contributed by atoms with E-state index in [0.29, 0.717) is 5.75 Å². The fraction of sp³-hybridized carbons (Fsp3) is 0.429. The molecule has 0 fully saturated rings. The van der Waals surface area contributed by atoms with Gasteiger partial charge in [0.1, 0.15) is 6.04 Å². The Labute approximate surface area is 122 Å². The van der Waals surface area contributed by atoms with Gasteiger partial charge in [0, 0.05) is 11.8 Å². The molecule has 6 heteroatoms. The largest absolute Gasteiger partial charge is 0.468 e. The van der Waals surface area contributed by atoms with Crippen molar-refractivity contribution in [1.29, 1.82) is 0 Å². The second-order valence-electron chi connectivity index (χ2n) is 4.77. The molecule has 0 aliphatic rings. The van der Waals surface area contributed by atoms with E-state index in [1.165, 1.54) is 18.9 Å². The first-order chi connectivity index (χ1) is 9.60. The van der Waals surface area contributed by atoms with E-state index in [-0.39, 0.29) is 18.1 Å². The van der Waals surface area contributed by atoms with Crippen LogP contribution in [0.2, 0.25) is 0 Å². The number of carbonyl (C=O) groups excluding carboxylic acids is 1. The lowest BCUT2D eigenvalue weighted by molar-refractivity contribution is -0.142. The van der Waals surface area contributed by atoms with Gasteiger partial charge in [0.25, 0.3) is 0 Å². The zero-order chi connectivity index (χ0) is 14.5. The van der Waals surface area contributed by atoms with E-state index in [4.69, 9.17) is 4.74 Å². The third-order valence-corrected chi connectivity index (χ3v) is 3.74. The van der Waals surface area contributed by atoms with E-state index in [1.54, 1.807) is 0 Å². The lowest BCUT2D eigenvalue weighted by Gasteiger charge is -2.17. The van der Waals surface area contributed by atoms with Crippen LogP contribution in [-0.4, -0.2) is 40.9 Å². The summed E-state index contributed by atoms with van der Waals surface area (Å²) in [5.74, 6) is 0.326. The fourth-order valence-corrected chi connectivity index (χ4v) is 2.79. The molecule has 0 spiro atoms. The van der Waals surface area contributed by atoms with Gasteiger partial charge in [-0.2, -0.15) is 0 Å². The van der Waals surface area contributed by atoms with Crippen LogP contribution in [0.3, 0.4) is 0 Å². The number of H-pyrrole nitrogens is 1. The minimum absolute atomic E-state index is 0.218. The Bertz CT molecular complexity index is 550. The number of aromatic nitrogens is 2. The lowest BCUT2D eigenvalue weighted by Crippen LogP contribution is -2.43. The Balaban J connectivity index is 2.02. The number of imidazole rings is 1. The summed E-state index contributed by atoms with van der Waals surface area (Å²) in [5, 5.41) is 4.01. The molecule has 0 aliphatic heterocycles. The van der Waals surface area contributed by atoms with Crippen LogP contribution in [0.15, 0.2) is 29.4 Å². The molecule has 0 bridgehead atoms. The summed E-state index contributed by atoms with van der Waals surface area (Å²) in [6.07, 6.45) is 0. The topological polar surface area (TPSA) is 67.0 Å². The maximum absolute atomic E-state index is 11.7. The zero-order valence-electron chi connectivity index (χ0n) is 11.8. The summed E-state index contributed by atoms with van der Waals surface area (Å²) in [4.78, 5) is 19.4. The second kappa shape index (κ2) is 6.76. The standard InChI is InChI=1S/C14H19N3O2S/c1-9(2)15-12(13(18)19-3)8-20-14-16-10-6-4-5-7-11(10)17-14/h4-7,9,12,15H,8H2,1-3H3,(H,16,17). The second-order valence-corrected chi connectivity index (χ2v) is 5.78. The van der Waals surface area contributed by atoms with Gasteiger partial charge in [0.05, 0.1) is 18.1 Å². The van der Waals surface area contributed by atoms with Crippen LogP contribution in [0, 0.1) is 0 Å². The molecule has 20 heavy (non-hydrogen) atoms. The average molecular weight is 293 g/mol. The number of nitrogens with one attached hydrogen (secondary N) is 2. The van der Waals surface area contributed by atoms with E-state index in [9.17, 15) is 4.79 Å². The number of ether oxygens (including phenoxy) is 1. The summed E-state index contributed by atoms with van der Waals surface area (Å²) in [7, 11) is 1.41. The van der Waals surface area contributed by atoms with E-state index in [2.05, 4.69) is 15.3 Å². The van der Waals surface area contributed by atoms with Crippen molar-refractivity contribution in [2.45, 2.75) is 31.1 Å². The summed E-state index contributed by atoms with van der Waals surface area (Å²) in [6, 6.07) is 7.74. The molecule has 0 aliphatic carbocycles. The molecule has 1 aromatic carbocycles. The first-order valence-electron chi connectivity index (χ1n) is 6.51. The van der Waals surface area contributed by atoms with E-state index in [1.807, 2.05) is 38.1 Å². The van der Waals surface area contributed by atoms with Gasteiger partial charge in [-0.15, -0.1) is 0 Å². The molecule has 0 radical (unpaired) electrons. The van der Waals surface area contributed by atoms with Crippen molar-refractivity contribution in [2.75, 3.05) is 12.9 Å². The number of thioether (sulfide) groups is 1. The van der Waals surface area contributed by atoms with Crippen molar-refractivity contribution in [3.63, 3.8) is 0 Å². The van der Waals surface area contributed by atoms with Crippen molar-refractivity contribution in [3.05, 3.63) is 24.3 Å². The van der Waals surface area contributed by atoms with E-state index in [0.717, 1.165) is 16.2 Å². The number of benzene rings is 1. The number of aromatic amines is 1. The highest BCUT2D eigenvalue weighted by molar-refractivity contribution is 7.99. The predicted octanol–water partition coefficient (Wildman–Crippen LogP) is 2.19. The molecule has 0 saturated heterocycles. The zero-order valence-corrected chi connectivity index (χ0v) is 12.7. The number of para-hydroxylation sites is 2. The van der Waals surface area contributed by atoms with Crippen molar-refractivity contribution in [2.24, 2.45) is 0 Å². The van der Waals surface area contributed by atoms with Gasteiger partial charge in [-0.05, 0) is 12.1 Å². The molecular weight excluding hydrogens is 274 g/mol. The van der Waals surface area contributed by atoms with Gasteiger partial charge >= 0.3 is 5.97 Å². The number of nitrogens with zero attached hydrogens (tertiary/aromatic N) is 1. The van der Waals surface area contributed by atoms with Gasteiger partial charge in [-0.3, -0.25) is 4.79 Å². The predicted molar refractivity (Wildman–Crippen MR) is 80.9 cm³/mol. The molecule has 1 unspecified atom stereocenters. The third kappa shape index (κ3) is 3.74. The Morgan fingerprint density at radius 1 is 1.45 bits per heavy atom. The first kappa shape index (κ1) is 14.9. The number of carbonyl (C=O) groups is 1. The summed E-state index contributed by atoms with van der Waals surface area (Å²) in [5.41, 5.74) is 1.93. The van der Waals surface area contributed by atoms with Crippen molar-refractivity contribution >= 4 is 28.8 Å². The highest BCUT2D eigenvalue weighted by Crippen LogP contribution is 2.20. The molecule has 1 aromatic heterocycles. The quantitative estimate of drug-likeness (QED) is 0.631. The Kier molecular flexibility index (Phi) is 5.03. The highest BCUT2D eigenvalue weighted by atomic mass is 32.2. The van der Waals surface area contributed by atoms with Crippen LogP contribution >= 0.6 is 11.8 Å². The van der Waals surface area contributed by atoms with Crippen LogP contribution in [0.5, 0.6) is 0 Å². The van der Waals surface area contributed by atoms with Gasteiger partial charge in [-0.1, -0.05) is 37.7 Å². The molecule has 0 amide bonds. The highest BCUT2D eigenvalue weighted by Gasteiger charge is 2.20. The van der Waals surface area contributed by atoms with Gasteiger partial charge in [-0.25, -0.2) is 4.98 Å². The van der Waals surface area contributed by atoms with Crippen molar-refractivity contribution in [3.8, 4) is 0 Å². The van der Waals surface area contributed by atoms with Crippen LogP contribution in [-0.2, 0) is 9.53 Å². The molecular formula is C14H19N3O2S. The maximum atomic E-state index is 11.7. The number of rotatable bonds is 6. The van der Waals surface area contributed by atoms with E-state index >= 15 is 0 Å². The number of fused-ring (bicyclic) bond motifs is 1. The van der Waals surface area contributed by atoms with Crippen molar-refractivity contribution in [1.82, 2.24) is 15.3 Å². The smallest absolute Gasteiger partial charge is 0.323 e. The first-order valence-corrected chi connectivity index (χ1v) is 7.50. The number of methoxy groups -OCH3 is 1. The average Bonchev–Trinajstić information content (AvgIpc) is 2.84. The van der Waals surface area contributed by atoms with Gasteiger partial charge in [0.2, 0.25) is 0 Å². The summed E-state index contributed by atoms with van der Waals surface area (Å²) in [6.45, 7) is 4.00. The van der Waals surface area contributed by atoms with E-state index < -0.39 is 0 Å². The summed E-state index contributed by atoms with van der Waals surface area (Å²) >= 11 is 1.51. The van der Waals surface area contributed by atoms with Gasteiger partial charge in [0.15, 0.2) is 5.16 Å². The van der Waals surface area contributed by atoms with Crippen LogP contribution in [0.1, 0.15) is 13.8 Å². The molecule has 108 valence electrons. The third-order valence-electron chi connectivity index (χ3n) is 2.77. The Hall–Kier alpha value is -1.53. The molecule has 2 rings (SSSR count). The minimum Gasteiger partial charge on any atom is -0.468 e.